The molecule has 0 amide bonds. The second kappa shape index (κ2) is 4.62. The summed E-state index contributed by atoms with van der Waals surface area (Å²) in [5.41, 5.74) is -0.116. The highest BCUT2D eigenvalue weighted by atomic mass is 32.1. The van der Waals surface area contributed by atoms with Gasteiger partial charge in [0.1, 0.15) is 11.5 Å². The van der Waals surface area contributed by atoms with E-state index in [1.807, 2.05) is 45.0 Å². The van der Waals surface area contributed by atoms with Crippen LogP contribution in [0, 0.1) is 5.41 Å². The molecule has 0 heterocycles. The Morgan fingerprint density at radius 3 is 1.93 bits per heavy atom. The third-order valence-corrected chi connectivity index (χ3v) is 2.58. The van der Waals surface area contributed by atoms with E-state index >= 15 is 0 Å². The summed E-state index contributed by atoms with van der Waals surface area (Å²) in [6.45, 7) is 6.08. The first-order valence-electron chi connectivity index (χ1n) is 4.80. The molecule has 15 heavy (non-hydrogen) atoms. The van der Waals surface area contributed by atoms with Crippen LogP contribution in [0.3, 0.4) is 0 Å². The molecule has 0 N–H and O–H groups in total. The molecule has 0 saturated carbocycles. The average Bonchev–Trinajstić information content (AvgIpc) is 2.17. The van der Waals surface area contributed by atoms with Crippen molar-refractivity contribution in [2.24, 2.45) is 5.41 Å². The molecular formula is C12H16O2S. The van der Waals surface area contributed by atoms with Crippen LogP contribution in [0.15, 0.2) is 24.3 Å². The molecule has 1 aromatic carbocycles. The van der Waals surface area contributed by atoms with Crippen LogP contribution in [-0.2, 0) is 0 Å². The van der Waals surface area contributed by atoms with E-state index in [2.05, 4.69) is 0 Å². The first-order valence-corrected chi connectivity index (χ1v) is 5.20. The van der Waals surface area contributed by atoms with Crippen molar-refractivity contribution in [3.05, 3.63) is 24.3 Å². The van der Waals surface area contributed by atoms with Crippen molar-refractivity contribution in [1.29, 1.82) is 0 Å². The lowest BCUT2D eigenvalue weighted by Gasteiger charge is -2.19. The highest BCUT2D eigenvalue weighted by Gasteiger charge is 2.19. The van der Waals surface area contributed by atoms with Gasteiger partial charge in [-0.1, -0.05) is 20.8 Å². The lowest BCUT2D eigenvalue weighted by Crippen LogP contribution is -2.23. The molecule has 1 rings (SSSR count). The van der Waals surface area contributed by atoms with Gasteiger partial charge in [-0.3, -0.25) is 0 Å². The molecule has 1 aromatic rings. The standard InChI is InChI=1S/C12H16O2S/c1-12(2,3)11(15)14-10-7-5-9(13-4)6-8-10/h5-8H,1-4H3. The summed E-state index contributed by atoms with van der Waals surface area (Å²) < 4.78 is 10.6. The largest absolute Gasteiger partial charge is 0.497 e. The van der Waals surface area contributed by atoms with Gasteiger partial charge in [-0.15, -0.1) is 0 Å². The van der Waals surface area contributed by atoms with Crippen molar-refractivity contribution in [2.75, 3.05) is 7.11 Å². The topological polar surface area (TPSA) is 18.5 Å². The smallest absolute Gasteiger partial charge is 0.172 e. The molecular weight excluding hydrogens is 208 g/mol. The quantitative estimate of drug-likeness (QED) is 0.717. The summed E-state index contributed by atoms with van der Waals surface area (Å²) >= 11 is 5.18. The van der Waals surface area contributed by atoms with Crippen LogP contribution < -0.4 is 9.47 Å². The second-order valence-corrected chi connectivity index (χ2v) is 4.69. The zero-order chi connectivity index (χ0) is 11.5. The molecule has 0 aliphatic heterocycles. The summed E-state index contributed by atoms with van der Waals surface area (Å²) in [7, 11) is 1.63. The van der Waals surface area contributed by atoms with Gasteiger partial charge in [-0.2, -0.15) is 0 Å². The van der Waals surface area contributed by atoms with Gasteiger partial charge in [-0.05, 0) is 36.5 Å². The lowest BCUT2D eigenvalue weighted by molar-refractivity contribution is 0.412. The van der Waals surface area contributed by atoms with E-state index in [1.165, 1.54) is 0 Å². The maximum absolute atomic E-state index is 5.55. The van der Waals surface area contributed by atoms with Crippen molar-refractivity contribution >= 4 is 17.3 Å². The van der Waals surface area contributed by atoms with Crippen LogP contribution in [0.2, 0.25) is 0 Å². The Kier molecular flexibility index (Phi) is 3.69. The van der Waals surface area contributed by atoms with Crippen molar-refractivity contribution in [3.63, 3.8) is 0 Å². The van der Waals surface area contributed by atoms with Crippen LogP contribution in [-0.4, -0.2) is 12.2 Å². The number of thiocarbonyl (C=S) groups is 1. The Bertz CT molecular complexity index is 336. The Morgan fingerprint density at radius 1 is 1.07 bits per heavy atom. The fraction of sp³-hybridized carbons (Fsp3) is 0.417. The van der Waals surface area contributed by atoms with Crippen molar-refractivity contribution in [1.82, 2.24) is 0 Å². The zero-order valence-electron chi connectivity index (χ0n) is 9.53. The fourth-order valence-electron chi connectivity index (χ4n) is 0.904. The Morgan fingerprint density at radius 2 is 1.53 bits per heavy atom. The number of ether oxygens (including phenoxy) is 2. The fourth-order valence-corrected chi connectivity index (χ4v) is 1.00. The summed E-state index contributed by atoms with van der Waals surface area (Å²) in [4.78, 5) is 0. The van der Waals surface area contributed by atoms with E-state index in [9.17, 15) is 0 Å². The van der Waals surface area contributed by atoms with Crippen LogP contribution in [0.1, 0.15) is 20.8 Å². The molecule has 0 bridgehead atoms. The molecule has 0 unspecified atom stereocenters. The molecule has 2 nitrogen and oxygen atoms in total. The van der Waals surface area contributed by atoms with Gasteiger partial charge in [0.05, 0.1) is 7.11 Å². The van der Waals surface area contributed by atoms with Gasteiger partial charge in [0, 0.05) is 5.41 Å². The predicted octanol–water partition coefficient (Wildman–Crippen LogP) is 3.45. The van der Waals surface area contributed by atoms with E-state index in [4.69, 9.17) is 21.7 Å². The molecule has 0 atom stereocenters. The maximum Gasteiger partial charge on any atom is 0.172 e. The summed E-state index contributed by atoms with van der Waals surface area (Å²) in [6, 6.07) is 7.38. The monoisotopic (exact) mass is 224 g/mol. The van der Waals surface area contributed by atoms with Crippen LogP contribution in [0.25, 0.3) is 0 Å². The molecule has 0 aliphatic carbocycles. The van der Waals surface area contributed by atoms with E-state index < -0.39 is 0 Å². The minimum atomic E-state index is -0.116. The molecule has 0 aromatic heterocycles. The highest BCUT2D eigenvalue weighted by molar-refractivity contribution is 7.80. The maximum atomic E-state index is 5.55. The van der Waals surface area contributed by atoms with Crippen LogP contribution in [0.4, 0.5) is 0 Å². The third kappa shape index (κ3) is 3.51. The van der Waals surface area contributed by atoms with E-state index in [1.54, 1.807) is 7.11 Å². The Hall–Kier alpha value is -1.09. The molecule has 82 valence electrons. The minimum absolute atomic E-state index is 0.116. The van der Waals surface area contributed by atoms with Gasteiger partial charge in [0.25, 0.3) is 0 Å². The number of methoxy groups -OCH3 is 1. The van der Waals surface area contributed by atoms with E-state index in [0.29, 0.717) is 5.05 Å². The number of benzene rings is 1. The van der Waals surface area contributed by atoms with Gasteiger partial charge in [0.15, 0.2) is 5.05 Å². The molecule has 0 aliphatic rings. The number of hydrogen-bond acceptors (Lipinski definition) is 3. The Labute approximate surface area is 96.2 Å². The molecule has 3 heteroatoms. The summed E-state index contributed by atoms with van der Waals surface area (Å²) in [5, 5.41) is 0.590. The van der Waals surface area contributed by atoms with E-state index in [-0.39, 0.29) is 5.41 Å². The second-order valence-electron chi connectivity index (χ2n) is 4.32. The zero-order valence-corrected chi connectivity index (χ0v) is 10.4. The van der Waals surface area contributed by atoms with Gasteiger partial charge in [-0.25, -0.2) is 0 Å². The molecule has 0 spiro atoms. The normalized spacial score (nSPS) is 10.9. The van der Waals surface area contributed by atoms with Crippen LogP contribution >= 0.6 is 12.2 Å². The van der Waals surface area contributed by atoms with E-state index in [0.717, 1.165) is 11.5 Å². The minimum Gasteiger partial charge on any atom is -0.497 e. The number of rotatable bonds is 2. The first kappa shape index (κ1) is 12.0. The highest BCUT2D eigenvalue weighted by Crippen LogP contribution is 2.22. The molecule has 0 saturated heterocycles. The van der Waals surface area contributed by atoms with Gasteiger partial charge < -0.3 is 9.47 Å². The summed E-state index contributed by atoms with van der Waals surface area (Å²) in [5.74, 6) is 1.56. The van der Waals surface area contributed by atoms with Crippen molar-refractivity contribution in [2.45, 2.75) is 20.8 Å². The molecule has 0 radical (unpaired) electrons. The van der Waals surface area contributed by atoms with Crippen molar-refractivity contribution < 1.29 is 9.47 Å². The Balaban J connectivity index is 2.70. The number of hydrogen-bond donors (Lipinski definition) is 0. The summed E-state index contributed by atoms with van der Waals surface area (Å²) in [6.07, 6.45) is 0. The van der Waals surface area contributed by atoms with Crippen molar-refractivity contribution in [3.8, 4) is 11.5 Å². The molecule has 0 fully saturated rings. The first-order chi connectivity index (χ1) is 6.93. The lowest BCUT2D eigenvalue weighted by atomic mass is 9.98. The van der Waals surface area contributed by atoms with Gasteiger partial charge in [0.2, 0.25) is 0 Å². The predicted molar refractivity (Wildman–Crippen MR) is 65.7 cm³/mol. The van der Waals surface area contributed by atoms with Gasteiger partial charge >= 0.3 is 0 Å². The SMILES string of the molecule is COc1ccc(OC(=S)C(C)(C)C)cc1. The average molecular weight is 224 g/mol. The van der Waals surface area contributed by atoms with Crippen LogP contribution in [0.5, 0.6) is 11.5 Å². The third-order valence-electron chi connectivity index (χ3n) is 1.88.